The third-order valence-corrected chi connectivity index (χ3v) is 4.70. The average molecular weight is 331 g/mol. The largest absolute Gasteiger partial charge is 0.487 e. The summed E-state index contributed by atoms with van der Waals surface area (Å²) in [6, 6.07) is 18.5. The fraction of sp³-hybridized carbons (Fsp3) is 0.227. The molecule has 0 saturated heterocycles. The van der Waals surface area contributed by atoms with Crippen molar-refractivity contribution in [3.05, 3.63) is 77.5 Å². The lowest BCUT2D eigenvalue weighted by Gasteiger charge is -2.20. The summed E-state index contributed by atoms with van der Waals surface area (Å²) in [6.07, 6.45) is 5.15. The number of aromatic nitrogens is 1. The molecule has 0 amide bonds. The second kappa shape index (κ2) is 7.08. The third-order valence-electron chi connectivity index (χ3n) is 4.70. The lowest BCUT2D eigenvalue weighted by atomic mass is 9.87. The van der Waals surface area contributed by atoms with Crippen LogP contribution in [-0.4, -0.2) is 16.7 Å². The molecule has 0 saturated carbocycles. The fourth-order valence-corrected chi connectivity index (χ4v) is 3.43. The van der Waals surface area contributed by atoms with Gasteiger partial charge in [0.15, 0.2) is 0 Å². The molecule has 0 bridgehead atoms. The van der Waals surface area contributed by atoms with Gasteiger partial charge in [0.2, 0.25) is 0 Å². The molecule has 126 valence electrons. The molecular weight excluding hydrogens is 310 g/mol. The first-order chi connectivity index (χ1) is 12.3. The van der Waals surface area contributed by atoms with E-state index in [2.05, 4.69) is 29.2 Å². The second-order valence-electron chi connectivity index (χ2n) is 6.37. The minimum atomic E-state index is 0.0842. The number of pyridine rings is 1. The highest BCUT2D eigenvalue weighted by atomic mass is 16.5. The minimum Gasteiger partial charge on any atom is -0.487 e. The number of allylic oxidation sites excluding steroid dienone is 1. The van der Waals surface area contributed by atoms with E-state index in [1.54, 1.807) is 0 Å². The molecular formula is C22H21NO2. The van der Waals surface area contributed by atoms with Gasteiger partial charge in [0.1, 0.15) is 12.4 Å². The highest BCUT2D eigenvalue weighted by molar-refractivity contribution is 5.78. The molecule has 0 unspecified atom stereocenters. The van der Waals surface area contributed by atoms with Gasteiger partial charge in [-0.2, -0.15) is 0 Å². The molecule has 0 aliphatic heterocycles. The van der Waals surface area contributed by atoms with Crippen molar-refractivity contribution in [1.82, 2.24) is 4.98 Å². The van der Waals surface area contributed by atoms with Gasteiger partial charge in [0, 0.05) is 5.39 Å². The highest BCUT2D eigenvalue weighted by Gasteiger charge is 2.14. The topological polar surface area (TPSA) is 42.4 Å². The Balaban J connectivity index is 1.54. The first-order valence-corrected chi connectivity index (χ1v) is 8.74. The Bertz CT molecular complexity index is 930. The molecule has 1 heterocycles. The van der Waals surface area contributed by atoms with Crippen molar-refractivity contribution < 1.29 is 9.84 Å². The van der Waals surface area contributed by atoms with Crippen molar-refractivity contribution in [2.45, 2.75) is 25.9 Å². The van der Waals surface area contributed by atoms with E-state index in [1.807, 2.05) is 36.4 Å². The molecule has 3 aromatic rings. The van der Waals surface area contributed by atoms with Gasteiger partial charge in [0.25, 0.3) is 0 Å². The van der Waals surface area contributed by atoms with Gasteiger partial charge in [-0.3, -0.25) is 0 Å². The average Bonchev–Trinajstić information content (AvgIpc) is 2.67. The number of aryl methyl sites for hydroxylation is 1. The van der Waals surface area contributed by atoms with Crippen LogP contribution in [-0.2, 0) is 13.0 Å². The number of aliphatic hydroxyl groups excluding tert-OH is 1. The molecule has 0 fully saturated rings. The first-order valence-electron chi connectivity index (χ1n) is 8.74. The SMILES string of the molecule is OC/C=C1\CCCc2ccc(OCc3ccc4ccccc4n3)cc21. The monoisotopic (exact) mass is 331 g/mol. The van der Waals surface area contributed by atoms with Crippen molar-refractivity contribution >= 4 is 16.5 Å². The van der Waals surface area contributed by atoms with Crippen LogP contribution in [0.4, 0.5) is 0 Å². The van der Waals surface area contributed by atoms with E-state index in [9.17, 15) is 5.11 Å². The summed E-state index contributed by atoms with van der Waals surface area (Å²) in [7, 11) is 0. The number of rotatable bonds is 4. The molecule has 2 aromatic carbocycles. The summed E-state index contributed by atoms with van der Waals surface area (Å²) >= 11 is 0. The molecule has 1 aromatic heterocycles. The van der Waals surface area contributed by atoms with E-state index in [-0.39, 0.29) is 6.61 Å². The summed E-state index contributed by atoms with van der Waals surface area (Å²) in [4.78, 5) is 4.65. The van der Waals surface area contributed by atoms with Crippen LogP contribution in [0, 0.1) is 0 Å². The zero-order chi connectivity index (χ0) is 17.1. The van der Waals surface area contributed by atoms with Crippen LogP contribution in [0.3, 0.4) is 0 Å². The maximum absolute atomic E-state index is 9.24. The zero-order valence-corrected chi connectivity index (χ0v) is 14.1. The van der Waals surface area contributed by atoms with Gasteiger partial charge in [0.05, 0.1) is 17.8 Å². The molecule has 3 heteroatoms. The van der Waals surface area contributed by atoms with E-state index >= 15 is 0 Å². The van der Waals surface area contributed by atoms with Crippen molar-refractivity contribution in [2.24, 2.45) is 0 Å². The maximum Gasteiger partial charge on any atom is 0.130 e. The number of hydrogen-bond donors (Lipinski definition) is 1. The Morgan fingerprint density at radius 3 is 2.88 bits per heavy atom. The summed E-state index contributed by atoms with van der Waals surface area (Å²) in [6.45, 7) is 0.531. The van der Waals surface area contributed by atoms with Crippen LogP contribution in [0.25, 0.3) is 16.5 Å². The van der Waals surface area contributed by atoms with Crippen LogP contribution in [0.5, 0.6) is 5.75 Å². The summed E-state index contributed by atoms with van der Waals surface area (Å²) < 4.78 is 5.98. The summed E-state index contributed by atoms with van der Waals surface area (Å²) in [5.74, 6) is 0.847. The lowest BCUT2D eigenvalue weighted by molar-refractivity contribution is 0.301. The Kier molecular flexibility index (Phi) is 4.49. The Labute approximate surface area is 147 Å². The predicted octanol–water partition coefficient (Wildman–Crippen LogP) is 4.53. The molecule has 0 atom stereocenters. The third kappa shape index (κ3) is 3.42. The lowest BCUT2D eigenvalue weighted by Crippen LogP contribution is -2.04. The van der Waals surface area contributed by atoms with Gasteiger partial charge in [-0.05, 0) is 60.2 Å². The van der Waals surface area contributed by atoms with E-state index in [1.165, 1.54) is 16.7 Å². The van der Waals surface area contributed by atoms with Crippen LogP contribution >= 0.6 is 0 Å². The van der Waals surface area contributed by atoms with E-state index in [4.69, 9.17) is 4.74 Å². The Morgan fingerprint density at radius 2 is 1.96 bits per heavy atom. The molecule has 1 aliphatic rings. The Hall–Kier alpha value is -2.65. The van der Waals surface area contributed by atoms with Crippen LogP contribution in [0.1, 0.15) is 29.7 Å². The number of fused-ring (bicyclic) bond motifs is 2. The van der Waals surface area contributed by atoms with Gasteiger partial charge in [-0.15, -0.1) is 0 Å². The van der Waals surface area contributed by atoms with Gasteiger partial charge in [-0.1, -0.05) is 36.4 Å². The van der Waals surface area contributed by atoms with Crippen LogP contribution < -0.4 is 4.74 Å². The molecule has 3 nitrogen and oxygen atoms in total. The smallest absolute Gasteiger partial charge is 0.130 e. The standard InChI is InChI=1S/C22H21NO2/c24-13-12-17-6-3-5-16-9-11-20(14-21(16)17)25-15-19-10-8-18-4-1-2-7-22(18)23-19/h1-2,4,7-12,14,24H,3,5-6,13,15H2/b17-12+. The van der Waals surface area contributed by atoms with Crippen molar-refractivity contribution in [2.75, 3.05) is 6.61 Å². The zero-order valence-electron chi connectivity index (χ0n) is 14.1. The van der Waals surface area contributed by atoms with Crippen molar-refractivity contribution in [3.8, 4) is 5.75 Å². The number of nitrogens with zero attached hydrogens (tertiary/aromatic N) is 1. The van der Waals surface area contributed by atoms with E-state index < -0.39 is 0 Å². The van der Waals surface area contributed by atoms with Gasteiger partial charge < -0.3 is 9.84 Å². The predicted molar refractivity (Wildman–Crippen MR) is 101 cm³/mol. The molecule has 1 aliphatic carbocycles. The van der Waals surface area contributed by atoms with Crippen molar-refractivity contribution in [1.29, 1.82) is 0 Å². The number of aliphatic hydroxyl groups is 1. The minimum absolute atomic E-state index is 0.0842. The van der Waals surface area contributed by atoms with E-state index in [0.29, 0.717) is 6.61 Å². The molecule has 0 spiro atoms. The number of benzene rings is 2. The molecule has 4 rings (SSSR count). The van der Waals surface area contributed by atoms with Gasteiger partial charge in [-0.25, -0.2) is 4.98 Å². The first kappa shape index (κ1) is 15.9. The summed E-state index contributed by atoms with van der Waals surface area (Å²) in [5.41, 5.74) is 5.68. The van der Waals surface area contributed by atoms with Crippen molar-refractivity contribution in [3.63, 3.8) is 0 Å². The normalized spacial score (nSPS) is 15.3. The Morgan fingerprint density at radius 1 is 1.04 bits per heavy atom. The summed E-state index contributed by atoms with van der Waals surface area (Å²) in [5, 5.41) is 10.4. The quantitative estimate of drug-likeness (QED) is 0.764. The number of para-hydroxylation sites is 1. The number of hydrogen-bond acceptors (Lipinski definition) is 3. The van der Waals surface area contributed by atoms with Crippen LogP contribution in [0.2, 0.25) is 0 Å². The highest BCUT2D eigenvalue weighted by Crippen LogP contribution is 2.33. The maximum atomic E-state index is 9.24. The molecule has 0 radical (unpaired) electrons. The molecule has 25 heavy (non-hydrogen) atoms. The second-order valence-corrected chi connectivity index (χ2v) is 6.37. The molecule has 1 N–H and O–H groups in total. The number of ether oxygens (including phenoxy) is 1. The fourth-order valence-electron chi connectivity index (χ4n) is 3.43. The van der Waals surface area contributed by atoms with E-state index in [0.717, 1.165) is 41.6 Å². The van der Waals surface area contributed by atoms with Gasteiger partial charge >= 0.3 is 0 Å². The van der Waals surface area contributed by atoms with Crippen LogP contribution in [0.15, 0.2) is 60.7 Å².